The molecule has 1 aliphatic carbocycles. The molecule has 0 amide bonds. The van der Waals surface area contributed by atoms with Crippen molar-refractivity contribution in [2.24, 2.45) is 5.92 Å². The van der Waals surface area contributed by atoms with Crippen LogP contribution in [0, 0.1) is 12.8 Å². The number of ether oxygens (including phenoxy) is 1. The first-order valence-electron chi connectivity index (χ1n) is 8.60. The van der Waals surface area contributed by atoms with Crippen molar-refractivity contribution in [2.75, 3.05) is 6.54 Å². The van der Waals surface area contributed by atoms with Crippen LogP contribution in [0.15, 0.2) is 18.2 Å². The van der Waals surface area contributed by atoms with Crippen molar-refractivity contribution in [3.8, 4) is 5.75 Å². The first-order valence-corrected chi connectivity index (χ1v) is 8.60. The Kier molecular flexibility index (Phi) is 6.10. The first kappa shape index (κ1) is 16.4. The molecule has 1 atom stereocenters. The van der Waals surface area contributed by atoms with Gasteiger partial charge in [-0.25, -0.2) is 0 Å². The summed E-state index contributed by atoms with van der Waals surface area (Å²) < 4.78 is 6.38. The average Bonchev–Trinajstić information content (AvgIpc) is 2.47. The van der Waals surface area contributed by atoms with E-state index >= 15 is 0 Å². The van der Waals surface area contributed by atoms with Crippen molar-refractivity contribution < 1.29 is 4.74 Å². The van der Waals surface area contributed by atoms with E-state index < -0.39 is 0 Å². The van der Waals surface area contributed by atoms with Crippen LogP contribution in [-0.2, 0) is 0 Å². The van der Waals surface area contributed by atoms with Gasteiger partial charge in [0, 0.05) is 11.6 Å². The summed E-state index contributed by atoms with van der Waals surface area (Å²) in [7, 11) is 0. The van der Waals surface area contributed by atoms with E-state index in [1.54, 1.807) is 0 Å². The van der Waals surface area contributed by atoms with Crippen molar-refractivity contribution >= 4 is 0 Å². The Morgan fingerprint density at radius 3 is 2.62 bits per heavy atom. The van der Waals surface area contributed by atoms with Gasteiger partial charge >= 0.3 is 0 Å². The Labute approximate surface area is 130 Å². The quantitative estimate of drug-likeness (QED) is 0.794. The Hall–Kier alpha value is -1.02. The van der Waals surface area contributed by atoms with Crippen LogP contribution < -0.4 is 10.1 Å². The predicted octanol–water partition coefficient (Wildman–Crippen LogP) is 5.01. The minimum Gasteiger partial charge on any atom is -0.490 e. The maximum atomic E-state index is 6.38. The lowest BCUT2D eigenvalue weighted by Crippen LogP contribution is -2.25. The molecule has 0 bridgehead atoms. The number of hydrogen-bond acceptors (Lipinski definition) is 2. The van der Waals surface area contributed by atoms with E-state index in [0.29, 0.717) is 12.1 Å². The summed E-state index contributed by atoms with van der Waals surface area (Å²) in [5.74, 6) is 1.96. The van der Waals surface area contributed by atoms with E-state index in [0.717, 1.165) is 24.6 Å². The van der Waals surface area contributed by atoms with Gasteiger partial charge in [-0.15, -0.1) is 0 Å². The summed E-state index contributed by atoms with van der Waals surface area (Å²) in [6, 6.07) is 6.97. The zero-order valence-electron chi connectivity index (χ0n) is 14.1. The molecule has 1 aromatic carbocycles. The Bertz CT molecular complexity index is 435. The normalized spacial score (nSPS) is 23.8. The van der Waals surface area contributed by atoms with Gasteiger partial charge in [0.1, 0.15) is 5.75 Å². The van der Waals surface area contributed by atoms with E-state index in [9.17, 15) is 0 Å². The molecule has 1 aliphatic rings. The Balaban J connectivity index is 2.07. The van der Waals surface area contributed by atoms with E-state index in [4.69, 9.17) is 4.74 Å². The van der Waals surface area contributed by atoms with Crippen LogP contribution in [0.4, 0.5) is 0 Å². The SMILES string of the molecule is CCCNC(C)c1ccc(C)cc1OC1CCC(C)CC1. The first-order chi connectivity index (χ1) is 10.1. The monoisotopic (exact) mass is 289 g/mol. The molecule has 118 valence electrons. The third kappa shape index (κ3) is 4.74. The van der Waals surface area contributed by atoms with Crippen LogP contribution in [0.25, 0.3) is 0 Å². The topological polar surface area (TPSA) is 21.3 Å². The number of benzene rings is 1. The van der Waals surface area contributed by atoms with E-state index in [-0.39, 0.29) is 0 Å². The summed E-state index contributed by atoms with van der Waals surface area (Å²) >= 11 is 0. The molecule has 1 unspecified atom stereocenters. The van der Waals surface area contributed by atoms with Crippen LogP contribution in [0.3, 0.4) is 0 Å². The second kappa shape index (κ2) is 7.84. The fourth-order valence-electron chi connectivity index (χ4n) is 3.10. The van der Waals surface area contributed by atoms with Crippen LogP contribution >= 0.6 is 0 Å². The van der Waals surface area contributed by atoms with Crippen molar-refractivity contribution in [1.29, 1.82) is 0 Å². The highest BCUT2D eigenvalue weighted by atomic mass is 16.5. The van der Waals surface area contributed by atoms with Crippen molar-refractivity contribution in [1.82, 2.24) is 5.32 Å². The van der Waals surface area contributed by atoms with Gasteiger partial charge in [-0.1, -0.05) is 26.0 Å². The molecule has 2 rings (SSSR count). The summed E-state index contributed by atoms with van der Waals surface area (Å²) in [6.45, 7) is 9.98. The standard InChI is InChI=1S/C19H31NO/c1-5-12-20-16(4)18-11-8-15(3)13-19(18)21-17-9-6-14(2)7-10-17/h8,11,13-14,16-17,20H,5-7,9-10,12H2,1-4H3. The second-order valence-corrected chi connectivity index (χ2v) is 6.72. The highest BCUT2D eigenvalue weighted by molar-refractivity contribution is 5.39. The fourth-order valence-corrected chi connectivity index (χ4v) is 3.10. The molecule has 0 spiro atoms. The molecular formula is C19H31NO. The van der Waals surface area contributed by atoms with Crippen LogP contribution in [0.5, 0.6) is 5.75 Å². The number of rotatable bonds is 6. The maximum absolute atomic E-state index is 6.38. The molecule has 0 saturated heterocycles. The molecule has 1 fully saturated rings. The zero-order chi connectivity index (χ0) is 15.2. The molecule has 0 heterocycles. The molecule has 21 heavy (non-hydrogen) atoms. The lowest BCUT2D eigenvalue weighted by Gasteiger charge is -2.29. The van der Waals surface area contributed by atoms with Crippen LogP contribution in [-0.4, -0.2) is 12.6 Å². The molecule has 1 saturated carbocycles. The third-order valence-corrected chi connectivity index (χ3v) is 4.59. The van der Waals surface area contributed by atoms with E-state index in [1.165, 1.54) is 36.8 Å². The molecule has 0 aromatic heterocycles. The second-order valence-electron chi connectivity index (χ2n) is 6.72. The predicted molar refractivity (Wildman–Crippen MR) is 89.9 cm³/mol. The summed E-state index contributed by atoms with van der Waals surface area (Å²) in [6.07, 6.45) is 6.56. The van der Waals surface area contributed by atoms with Crippen LogP contribution in [0.1, 0.15) is 70.0 Å². The zero-order valence-corrected chi connectivity index (χ0v) is 14.1. The van der Waals surface area contributed by atoms with E-state index in [1.807, 2.05) is 0 Å². The lowest BCUT2D eigenvalue weighted by molar-refractivity contribution is 0.133. The summed E-state index contributed by atoms with van der Waals surface area (Å²) in [5.41, 5.74) is 2.58. The minimum absolute atomic E-state index is 0.350. The molecule has 1 N–H and O–H groups in total. The molecular weight excluding hydrogens is 258 g/mol. The van der Waals surface area contributed by atoms with Crippen molar-refractivity contribution in [3.05, 3.63) is 29.3 Å². The van der Waals surface area contributed by atoms with Crippen molar-refractivity contribution in [3.63, 3.8) is 0 Å². The van der Waals surface area contributed by atoms with Crippen molar-refractivity contribution in [2.45, 2.75) is 71.9 Å². The van der Waals surface area contributed by atoms with Gasteiger partial charge in [-0.05, 0) is 70.0 Å². The highest BCUT2D eigenvalue weighted by Crippen LogP contribution is 2.31. The van der Waals surface area contributed by atoms with Gasteiger partial charge in [0.2, 0.25) is 0 Å². The van der Waals surface area contributed by atoms with E-state index in [2.05, 4.69) is 51.2 Å². The van der Waals surface area contributed by atoms with Gasteiger partial charge in [0.05, 0.1) is 6.10 Å². The summed E-state index contributed by atoms with van der Waals surface area (Å²) in [5, 5.41) is 3.57. The van der Waals surface area contributed by atoms with Crippen LogP contribution in [0.2, 0.25) is 0 Å². The third-order valence-electron chi connectivity index (χ3n) is 4.59. The Morgan fingerprint density at radius 2 is 1.95 bits per heavy atom. The largest absolute Gasteiger partial charge is 0.490 e. The number of hydrogen-bond donors (Lipinski definition) is 1. The smallest absolute Gasteiger partial charge is 0.124 e. The molecule has 1 aromatic rings. The minimum atomic E-state index is 0.350. The lowest BCUT2D eigenvalue weighted by atomic mass is 9.89. The molecule has 2 heteroatoms. The number of nitrogens with one attached hydrogen (secondary N) is 1. The molecule has 2 nitrogen and oxygen atoms in total. The highest BCUT2D eigenvalue weighted by Gasteiger charge is 2.21. The Morgan fingerprint density at radius 1 is 1.24 bits per heavy atom. The fraction of sp³-hybridized carbons (Fsp3) is 0.684. The van der Waals surface area contributed by atoms with Gasteiger partial charge < -0.3 is 10.1 Å². The molecule has 0 radical (unpaired) electrons. The van der Waals surface area contributed by atoms with Gasteiger partial charge in [-0.2, -0.15) is 0 Å². The van der Waals surface area contributed by atoms with Gasteiger partial charge in [0.25, 0.3) is 0 Å². The molecule has 0 aliphatic heterocycles. The average molecular weight is 289 g/mol. The van der Waals surface area contributed by atoms with Gasteiger partial charge in [-0.3, -0.25) is 0 Å². The van der Waals surface area contributed by atoms with Gasteiger partial charge in [0.15, 0.2) is 0 Å². The number of aryl methyl sites for hydroxylation is 1. The summed E-state index contributed by atoms with van der Waals surface area (Å²) in [4.78, 5) is 0. The maximum Gasteiger partial charge on any atom is 0.124 e.